The molecule has 0 bridgehead atoms. The van der Waals surface area contributed by atoms with Gasteiger partial charge >= 0.3 is 0 Å². The number of amides is 2. The molecule has 1 aromatic heterocycles. The van der Waals surface area contributed by atoms with Crippen molar-refractivity contribution in [1.82, 2.24) is 15.6 Å². The molecule has 1 saturated carbocycles. The van der Waals surface area contributed by atoms with Crippen LogP contribution in [-0.2, 0) is 16.0 Å². The Bertz CT molecular complexity index is 1210. The second-order valence-electron chi connectivity index (χ2n) is 9.95. The molecular weight excluding hydrogens is 458 g/mol. The van der Waals surface area contributed by atoms with Crippen molar-refractivity contribution in [2.75, 3.05) is 7.11 Å². The zero-order valence-electron chi connectivity index (χ0n) is 20.8. The van der Waals surface area contributed by atoms with E-state index in [0.29, 0.717) is 12.2 Å². The summed E-state index contributed by atoms with van der Waals surface area (Å²) in [5.74, 6) is -0.278. The molecule has 36 heavy (non-hydrogen) atoms. The van der Waals surface area contributed by atoms with Gasteiger partial charge in [0.05, 0.1) is 13.2 Å². The Morgan fingerprint density at radius 3 is 2.39 bits per heavy atom. The number of carbonyl (C=O) groups excluding carboxylic acids is 3. The van der Waals surface area contributed by atoms with Crippen LogP contribution >= 0.6 is 0 Å². The number of methoxy groups -OCH3 is 1. The minimum atomic E-state index is -0.950. The van der Waals surface area contributed by atoms with Crippen molar-refractivity contribution in [2.45, 2.75) is 64.0 Å². The van der Waals surface area contributed by atoms with Crippen LogP contribution in [0.2, 0.25) is 0 Å². The third-order valence-electron chi connectivity index (χ3n) is 7.06. The minimum absolute atomic E-state index is 0.0468. The second kappa shape index (κ2) is 10.9. The SMILES string of the molecule is COc1ccc(C[C@H](NC(=O)c2cccc(=O)[nH]2)C(=O)N[C@@H](CC2=CCCC2)C(=O)C2(C)CC2)cc1. The average Bonchev–Trinajstić information content (AvgIpc) is 3.41. The topological polar surface area (TPSA) is 117 Å². The smallest absolute Gasteiger partial charge is 0.268 e. The number of Topliss-reactive ketones (excluding diaryl/α,β-unsaturated/α-hetero) is 1. The molecule has 1 heterocycles. The van der Waals surface area contributed by atoms with Gasteiger partial charge in [-0.15, -0.1) is 0 Å². The average molecular weight is 492 g/mol. The highest BCUT2D eigenvalue weighted by Gasteiger charge is 2.48. The first-order chi connectivity index (χ1) is 17.3. The summed E-state index contributed by atoms with van der Waals surface area (Å²) in [6.45, 7) is 1.94. The van der Waals surface area contributed by atoms with Crippen LogP contribution < -0.4 is 20.9 Å². The predicted octanol–water partition coefficient (Wildman–Crippen LogP) is 3.08. The molecule has 2 aromatic rings. The highest BCUT2D eigenvalue weighted by atomic mass is 16.5. The first-order valence-electron chi connectivity index (χ1n) is 12.4. The summed E-state index contributed by atoms with van der Waals surface area (Å²) in [6.07, 6.45) is 7.50. The van der Waals surface area contributed by atoms with Crippen molar-refractivity contribution in [3.63, 3.8) is 0 Å². The van der Waals surface area contributed by atoms with Gasteiger partial charge < -0.3 is 20.4 Å². The van der Waals surface area contributed by atoms with Gasteiger partial charge in [0, 0.05) is 17.9 Å². The molecule has 2 atom stereocenters. The molecule has 4 rings (SSSR count). The summed E-state index contributed by atoms with van der Waals surface area (Å²) < 4.78 is 5.21. The van der Waals surface area contributed by atoms with Crippen molar-refractivity contribution in [3.8, 4) is 5.75 Å². The normalized spacial score (nSPS) is 17.4. The van der Waals surface area contributed by atoms with E-state index in [9.17, 15) is 19.2 Å². The van der Waals surface area contributed by atoms with E-state index in [1.807, 2.05) is 19.1 Å². The number of carbonyl (C=O) groups is 3. The van der Waals surface area contributed by atoms with Gasteiger partial charge in [-0.1, -0.05) is 36.8 Å². The number of benzene rings is 1. The van der Waals surface area contributed by atoms with Crippen molar-refractivity contribution in [1.29, 1.82) is 0 Å². The van der Waals surface area contributed by atoms with Crippen LogP contribution in [0, 0.1) is 5.41 Å². The fraction of sp³-hybridized carbons (Fsp3) is 0.429. The lowest BCUT2D eigenvalue weighted by Gasteiger charge is -2.25. The summed E-state index contributed by atoms with van der Waals surface area (Å²) in [7, 11) is 1.57. The Hall–Kier alpha value is -3.68. The quantitative estimate of drug-likeness (QED) is 0.418. The van der Waals surface area contributed by atoms with Gasteiger partial charge in [-0.05, 0) is 62.3 Å². The van der Waals surface area contributed by atoms with E-state index in [0.717, 1.165) is 37.7 Å². The standard InChI is InChI=1S/C28H33N3O5/c1-28(14-15-28)25(33)22(16-18-6-3-4-7-18)30-27(35)23(17-19-10-12-20(36-2)13-11-19)31-26(34)21-8-5-9-24(32)29-21/h5-6,8-13,22-23H,3-4,7,14-17H2,1-2H3,(H,29,32)(H,30,35)(H,31,34)/t22-,23-/m0/s1. The van der Waals surface area contributed by atoms with Crippen LogP contribution in [-0.4, -0.2) is 41.8 Å². The van der Waals surface area contributed by atoms with Gasteiger partial charge in [0.15, 0.2) is 5.78 Å². The van der Waals surface area contributed by atoms with Crippen molar-refractivity contribution < 1.29 is 19.1 Å². The maximum Gasteiger partial charge on any atom is 0.268 e. The van der Waals surface area contributed by atoms with E-state index in [1.165, 1.54) is 23.8 Å². The number of nitrogens with one attached hydrogen (secondary N) is 3. The Balaban J connectivity index is 1.55. The molecule has 0 saturated heterocycles. The zero-order chi connectivity index (χ0) is 25.7. The van der Waals surface area contributed by atoms with Crippen LogP contribution in [0.3, 0.4) is 0 Å². The molecule has 0 aliphatic heterocycles. The van der Waals surface area contributed by atoms with Crippen LogP contribution in [0.25, 0.3) is 0 Å². The fourth-order valence-corrected chi connectivity index (χ4v) is 4.54. The maximum atomic E-state index is 13.5. The van der Waals surface area contributed by atoms with E-state index in [2.05, 4.69) is 21.7 Å². The number of ether oxygens (including phenoxy) is 1. The monoisotopic (exact) mass is 491 g/mol. The Morgan fingerprint density at radius 1 is 1.03 bits per heavy atom. The molecule has 190 valence electrons. The number of allylic oxidation sites excluding steroid dienone is 1. The van der Waals surface area contributed by atoms with E-state index in [4.69, 9.17) is 4.74 Å². The molecule has 0 radical (unpaired) electrons. The molecule has 1 fully saturated rings. The van der Waals surface area contributed by atoms with Crippen molar-refractivity contribution in [3.05, 3.63) is 75.7 Å². The number of aromatic amines is 1. The van der Waals surface area contributed by atoms with Gasteiger partial charge in [0.2, 0.25) is 11.5 Å². The number of pyridine rings is 1. The molecule has 0 spiro atoms. The Morgan fingerprint density at radius 2 is 1.78 bits per heavy atom. The molecule has 1 aromatic carbocycles. The van der Waals surface area contributed by atoms with Crippen molar-refractivity contribution in [2.24, 2.45) is 5.41 Å². The predicted molar refractivity (Wildman–Crippen MR) is 136 cm³/mol. The molecular formula is C28H33N3O5. The number of H-pyrrole nitrogens is 1. The highest BCUT2D eigenvalue weighted by Crippen LogP contribution is 2.47. The van der Waals surface area contributed by atoms with Crippen molar-refractivity contribution >= 4 is 17.6 Å². The largest absolute Gasteiger partial charge is 0.497 e. The van der Waals surface area contributed by atoms with Gasteiger partial charge in [0.25, 0.3) is 5.91 Å². The maximum absolute atomic E-state index is 13.5. The molecule has 3 N–H and O–H groups in total. The van der Waals surface area contributed by atoms with Gasteiger partial charge in [-0.3, -0.25) is 19.2 Å². The van der Waals surface area contributed by atoms with Gasteiger partial charge in [-0.2, -0.15) is 0 Å². The van der Waals surface area contributed by atoms with Gasteiger partial charge in [-0.25, -0.2) is 0 Å². The number of ketones is 1. The first kappa shape index (κ1) is 25.4. The minimum Gasteiger partial charge on any atom is -0.497 e. The summed E-state index contributed by atoms with van der Waals surface area (Å²) in [5, 5.41) is 5.71. The van der Waals surface area contributed by atoms with Gasteiger partial charge in [0.1, 0.15) is 17.5 Å². The summed E-state index contributed by atoms with van der Waals surface area (Å²) >= 11 is 0. The number of rotatable bonds is 11. The molecule has 0 unspecified atom stereocenters. The highest BCUT2D eigenvalue weighted by molar-refractivity contribution is 5.99. The van der Waals surface area contributed by atoms with E-state index in [1.54, 1.807) is 19.2 Å². The second-order valence-corrected chi connectivity index (χ2v) is 9.95. The molecule has 2 aliphatic carbocycles. The lowest BCUT2D eigenvalue weighted by Crippen LogP contribution is -2.53. The molecule has 8 nitrogen and oxygen atoms in total. The first-order valence-corrected chi connectivity index (χ1v) is 12.4. The molecule has 2 aliphatic rings. The third-order valence-corrected chi connectivity index (χ3v) is 7.06. The van der Waals surface area contributed by atoms with Crippen LogP contribution in [0.4, 0.5) is 0 Å². The van der Waals surface area contributed by atoms with E-state index < -0.39 is 34.9 Å². The fourth-order valence-electron chi connectivity index (χ4n) is 4.54. The number of aromatic nitrogens is 1. The summed E-state index contributed by atoms with van der Waals surface area (Å²) in [5.41, 5.74) is 1.26. The number of hydrogen-bond donors (Lipinski definition) is 3. The Kier molecular flexibility index (Phi) is 7.72. The van der Waals surface area contributed by atoms with Crippen LogP contribution in [0.1, 0.15) is 61.5 Å². The summed E-state index contributed by atoms with van der Waals surface area (Å²) in [6, 6.07) is 9.90. The lowest BCUT2D eigenvalue weighted by atomic mass is 9.91. The lowest BCUT2D eigenvalue weighted by molar-refractivity contribution is -0.131. The number of hydrogen-bond acceptors (Lipinski definition) is 5. The molecule has 2 amide bonds. The molecule has 8 heteroatoms. The third kappa shape index (κ3) is 6.30. The van der Waals surface area contributed by atoms with E-state index >= 15 is 0 Å². The van der Waals surface area contributed by atoms with Crippen LogP contribution in [0.5, 0.6) is 5.75 Å². The Labute approximate surface area is 210 Å². The summed E-state index contributed by atoms with van der Waals surface area (Å²) in [4.78, 5) is 53.9. The van der Waals surface area contributed by atoms with Crippen LogP contribution in [0.15, 0.2) is 58.9 Å². The van der Waals surface area contributed by atoms with E-state index in [-0.39, 0.29) is 17.9 Å². The zero-order valence-corrected chi connectivity index (χ0v) is 20.8.